The van der Waals surface area contributed by atoms with Gasteiger partial charge in [0.15, 0.2) is 8.38 Å². The second-order valence-electron chi connectivity index (χ2n) is 5.31. The van der Waals surface area contributed by atoms with Gasteiger partial charge in [0, 0.05) is 25.0 Å². The van der Waals surface area contributed by atoms with Crippen molar-refractivity contribution in [2.24, 2.45) is 5.92 Å². The molecule has 1 aliphatic carbocycles. The molecule has 2 fully saturated rings. The number of hydrogen-bond acceptors (Lipinski definition) is 4. The highest BCUT2D eigenvalue weighted by atomic mass is 31.2. The third kappa shape index (κ3) is 2.73. The van der Waals surface area contributed by atoms with Gasteiger partial charge in [0.05, 0.1) is 24.7 Å². The van der Waals surface area contributed by atoms with Crippen LogP contribution in [0.2, 0.25) is 0 Å². The fourth-order valence-electron chi connectivity index (χ4n) is 3.26. The lowest BCUT2D eigenvalue weighted by Gasteiger charge is -2.31. The number of nitrogens with zero attached hydrogens (tertiary/aromatic N) is 1. The van der Waals surface area contributed by atoms with Crippen LogP contribution in [0, 0.1) is 17.2 Å². The Labute approximate surface area is 117 Å². The highest BCUT2D eigenvalue weighted by Crippen LogP contribution is 2.56. The van der Waals surface area contributed by atoms with Gasteiger partial charge in [-0.2, -0.15) is 5.26 Å². The van der Waals surface area contributed by atoms with Crippen LogP contribution in [0.15, 0.2) is 12.2 Å². The smallest absolute Gasteiger partial charge is 0.167 e. The molecule has 6 heteroatoms. The van der Waals surface area contributed by atoms with Gasteiger partial charge in [-0.1, -0.05) is 19.1 Å². The summed E-state index contributed by atoms with van der Waals surface area (Å²) in [6, 6.07) is 2.25. The molecule has 2 bridgehead atoms. The molecule has 2 rings (SSSR count). The first-order chi connectivity index (χ1) is 9.04. The highest BCUT2D eigenvalue weighted by molar-refractivity contribution is 7.46. The summed E-state index contributed by atoms with van der Waals surface area (Å²) in [5.41, 5.74) is 1.03. The molecule has 1 saturated heterocycles. The standard InChI is InChI=1S/C13H21BNO3P/c1-4-13-8-9(2)10(12(14)17-13)11(13)18-19(3)16-7-5-6-15/h10-12H,2,4-5,7-8,14H2,1,3H3/t10-,11+,12-,13+,19?/m1/s1. The fourth-order valence-corrected chi connectivity index (χ4v) is 4.31. The number of fused-ring (bicyclic) bond motifs is 2. The van der Waals surface area contributed by atoms with Crippen molar-refractivity contribution in [1.29, 1.82) is 5.26 Å². The molecule has 0 amide bonds. The minimum atomic E-state index is -0.964. The van der Waals surface area contributed by atoms with Gasteiger partial charge in [-0.05, 0) is 6.42 Å². The van der Waals surface area contributed by atoms with E-state index < -0.39 is 8.38 Å². The molecular weight excluding hydrogens is 260 g/mol. The quantitative estimate of drug-likeness (QED) is 0.323. The van der Waals surface area contributed by atoms with E-state index in [1.165, 1.54) is 5.57 Å². The van der Waals surface area contributed by atoms with Crippen molar-refractivity contribution in [2.45, 2.75) is 43.9 Å². The molecule has 1 aliphatic heterocycles. The van der Waals surface area contributed by atoms with Crippen molar-refractivity contribution in [3.8, 4) is 6.07 Å². The molecule has 2 aliphatic rings. The normalized spacial score (nSPS) is 38.4. The zero-order valence-corrected chi connectivity index (χ0v) is 12.8. The van der Waals surface area contributed by atoms with Crippen LogP contribution in [0.3, 0.4) is 0 Å². The lowest BCUT2D eigenvalue weighted by atomic mass is 9.83. The Morgan fingerprint density at radius 3 is 3.00 bits per heavy atom. The first-order valence-electron chi connectivity index (χ1n) is 6.80. The van der Waals surface area contributed by atoms with Crippen molar-refractivity contribution in [3.63, 3.8) is 0 Å². The van der Waals surface area contributed by atoms with E-state index in [0.29, 0.717) is 13.0 Å². The Morgan fingerprint density at radius 2 is 2.42 bits per heavy atom. The minimum absolute atomic E-state index is 0.0539. The molecule has 104 valence electrons. The Morgan fingerprint density at radius 1 is 1.68 bits per heavy atom. The van der Waals surface area contributed by atoms with E-state index in [9.17, 15) is 0 Å². The van der Waals surface area contributed by atoms with E-state index in [2.05, 4.69) is 27.4 Å². The first-order valence-corrected chi connectivity index (χ1v) is 8.42. The molecule has 5 atom stereocenters. The van der Waals surface area contributed by atoms with Gasteiger partial charge in [-0.15, -0.1) is 0 Å². The van der Waals surface area contributed by atoms with Gasteiger partial charge < -0.3 is 13.8 Å². The average Bonchev–Trinajstić information content (AvgIpc) is 2.77. The summed E-state index contributed by atoms with van der Waals surface area (Å²) in [7, 11) is 1.13. The summed E-state index contributed by atoms with van der Waals surface area (Å²) in [5, 5.41) is 8.51. The van der Waals surface area contributed by atoms with Crippen LogP contribution < -0.4 is 0 Å². The van der Waals surface area contributed by atoms with E-state index in [-0.39, 0.29) is 23.6 Å². The third-order valence-corrected chi connectivity index (χ3v) is 5.19. The van der Waals surface area contributed by atoms with Gasteiger partial charge in [0.25, 0.3) is 0 Å². The summed E-state index contributed by atoms with van der Waals surface area (Å²) in [5.74, 6) is 0.282. The number of hydrogen-bond donors (Lipinski definition) is 0. The Balaban J connectivity index is 1.99. The van der Waals surface area contributed by atoms with Gasteiger partial charge >= 0.3 is 0 Å². The molecule has 0 radical (unpaired) electrons. The second-order valence-corrected chi connectivity index (χ2v) is 6.66. The van der Waals surface area contributed by atoms with Crippen LogP contribution in [0.25, 0.3) is 0 Å². The first kappa shape index (κ1) is 15.0. The van der Waals surface area contributed by atoms with Crippen molar-refractivity contribution in [1.82, 2.24) is 0 Å². The van der Waals surface area contributed by atoms with Crippen molar-refractivity contribution in [3.05, 3.63) is 12.2 Å². The molecule has 1 saturated carbocycles. The molecule has 1 unspecified atom stereocenters. The zero-order valence-electron chi connectivity index (χ0n) is 11.9. The van der Waals surface area contributed by atoms with Gasteiger partial charge in [0.1, 0.15) is 14.0 Å². The van der Waals surface area contributed by atoms with Crippen LogP contribution in [0.5, 0.6) is 0 Å². The average molecular weight is 281 g/mol. The highest BCUT2D eigenvalue weighted by Gasteiger charge is 2.60. The van der Waals surface area contributed by atoms with Crippen LogP contribution in [-0.2, 0) is 13.8 Å². The van der Waals surface area contributed by atoms with E-state index in [1.54, 1.807) is 0 Å². The predicted octanol–water partition coefficient (Wildman–Crippen LogP) is 1.96. The van der Waals surface area contributed by atoms with E-state index >= 15 is 0 Å². The maximum Gasteiger partial charge on any atom is 0.167 e. The summed E-state index contributed by atoms with van der Waals surface area (Å²) >= 11 is 0. The molecule has 19 heavy (non-hydrogen) atoms. The lowest BCUT2D eigenvalue weighted by molar-refractivity contribution is -0.0581. The van der Waals surface area contributed by atoms with Crippen molar-refractivity contribution < 1.29 is 13.8 Å². The Bertz CT molecular complexity index is 400. The predicted molar refractivity (Wildman–Crippen MR) is 77.6 cm³/mol. The molecule has 0 spiro atoms. The third-order valence-electron chi connectivity index (χ3n) is 4.12. The Hall–Kier alpha value is -0.395. The summed E-state index contributed by atoms with van der Waals surface area (Å²) in [6.07, 6.45) is 2.28. The molecule has 4 nitrogen and oxygen atoms in total. The second kappa shape index (κ2) is 5.93. The van der Waals surface area contributed by atoms with Crippen LogP contribution in [0.4, 0.5) is 0 Å². The van der Waals surface area contributed by atoms with Crippen LogP contribution in [0.1, 0.15) is 26.2 Å². The van der Waals surface area contributed by atoms with E-state index in [4.69, 9.17) is 19.0 Å². The maximum absolute atomic E-state index is 8.51. The number of rotatable bonds is 6. The Kier molecular flexibility index (Phi) is 4.68. The van der Waals surface area contributed by atoms with E-state index in [0.717, 1.165) is 12.8 Å². The maximum atomic E-state index is 8.51. The largest absolute Gasteiger partial charge is 0.377 e. The minimum Gasteiger partial charge on any atom is -0.377 e. The van der Waals surface area contributed by atoms with Gasteiger partial charge in [-0.25, -0.2) is 0 Å². The molecule has 0 aromatic carbocycles. The molecule has 1 heterocycles. The zero-order chi connectivity index (χ0) is 14.0. The van der Waals surface area contributed by atoms with Gasteiger partial charge in [-0.3, -0.25) is 0 Å². The number of ether oxygens (including phenoxy) is 1. The molecular formula is C13H21BNO3P. The monoisotopic (exact) mass is 281 g/mol. The topological polar surface area (TPSA) is 51.5 Å². The van der Waals surface area contributed by atoms with Crippen LogP contribution >= 0.6 is 8.38 Å². The number of nitriles is 1. The lowest BCUT2D eigenvalue weighted by Crippen LogP contribution is -2.37. The summed E-state index contributed by atoms with van der Waals surface area (Å²) in [4.78, 5) is 0. The molecule has 0 aromatic rings. The summed E-state index contributed by atoms with van der Waals surface area (Å²) in [6.45, 7) is 8.70. The molecule has 0 N–H and O–H groups in total. The summed E-state index contributed by atoms with van der Waals surface area (Å²) < 4.78 is 17.8. The van der Waals surface area contributed by atoms with Gasteiger partial charge in [0.2, 0.25) is 0 Å². The van der Waals surface area contributed by atoms with Crippen molar-refractivity contribution >= 4 is 16.2 Å². The van der Waals surface area contributed by atoms with Crippen LogP contribution in [-0.4, -0.2) is 38.8 Å². The SMILES string of the molecule is B[C@@H]1O[C@@]2(CC)CC(=C)[C@@H]1[C@@H]2OP(C)OCCC#N. The fraction of sp³-hybridized carbons (Fsp3) is 0.769. The van der Waals surface area contributed by atoms with E-state index in [1.807, 2.05) is 6.66 Å². The molecule has 0 aromatic heterocycles. The van der Waals surface area contributed by atoms with Crippen molar-refractivity contribution in [2.75, 3.05) is 13.3 Å².